The Morgan fingerprint density at radius 3 is 1.97 bits per heavy atom. The van der Waals surface area contributed by atoms with Gasteiger partial charge in [0.15, 0.2) is 0 Å². The van der Waals surface area contributed by atoms with Crippen LogP contribution in [0.1, 0.15) is 22.6 Å². The standard InChI is InChI=1S/C24H21NO8S.Ba/c26-23(27)22(13-15-9-11-16(12-10-15)33-34(29,30)31)25-24(28)32-14-21-19-7-3-1-5-17(19)18-6-2-4-8-20(18)21;/h1-12,21-22H,13-14H2,(H,25,28)(H,26,27)(H,29,30,31);/q;+2/p-2/t22-;/m0./s1. The summed E-state index contributed by atoms with van der Waals surface area (Å²) in [5.74, 6) is -1.91. The summed E-state index contributed by atoms with van der Waals surface area (Å²) >= 11 is 0. The monoisotopic (exact) mass is 619 g/mol. The molecule has 35 heavy (non-hydrogen) atoms. The maximum absolute atomic E-state index is 12.4. The van der Waals surface area contributed by atoms with Crippen LogP contribution in [0.15, 0.2) is 72.8 Å². The van der Waals surface area contributed by atoms with E-state index in [-0.39, 0.29) is 73.6 Å². The molecule has 1 N–H and O–H groups in total. The van der Waals surface area contributed by atoms with Gasteiger partial charge in [-0.05, 0) is 46.4 Å². The van der Waals surface area contributed by atoms with Crippen LogP contribution in [0.4, 0.5) is 4.79 Å². The van der Waals surface area contributed by atoms with E-state index in [1.807, 2.05) is 48.5 Å². The van der Waals surface area contributed by atoms with E-state index >= 15 is 0 Å². The number of hydrogen-bond donors (Lipinski definition) is 1. The number of benzene rings is 3. The van der Waals surface area contributed by atoms with Crippen molar-refractivity contribution in [1.29, 1.82) is 0 Å². The van der Waals surface area contributed by atoms with Gasteiger partial charge < -0.3 is 28.7 Å². The van der Waals surface area contributed by atoms with Crippen LogP contribution in [0.25, 0.3) is 11.1 Å². The number of carboxylic acid groups (broad SMARTS) is 1. The molecule has 0 saturated carbocycles. The summed E-state index contributed by atoms with van der Waals surface area (Å²) in [7, 11) is -4.92. The van der Waals surface area contributed by atoms with Crippen molar-refractivity contribution in [2.75, 3.05) is 6.61 Å². The predicted octanol–water partition coefficient (Wildman–Crippen LogP) is 1.34. The fraction of sp³-hybridized carbons (Fsp3) is 0.167. The van der Waals surface area contributed by atoms with E-state index < -0.39 is 28.5 Å². The molecule has 0 spiro atoms. The van der Waals surface area contributed by atoms with Crippen LogP contribution in [0.2, 0.25) is 0 Å². The third-order valence-corrected chi connectivity index (χ3v) is 5.88. The fourth-order valence-corrected chi connectivity index (χ4v) is 4.36. The first-order chi connectivity index (χ1) is 16.2. The van der Waals surface area contributed by atoms with Crippen LogP contribution in [-0.2, 0) is 26.4 Å². The maximum Gasteiger partial charge on any atom is 2.00 e. The average Bonchev–Trinajstić information content (AvgIpc) is 3.11. The van der Waals surface area contributed by atoms with Crippen molar-refractivity contribution in [3.05, 3.63) is 89.5 Å². The van der Waals surface area contributed by atoms with Crippen LogP contribution < -0.4 is 14.6 Å². The van der Waals surface area contributed by atoms with E-state index in [0.717, 1.165) is 22.3 Å². The summed E-state index contributed by atoms with van der Waals surface area (Å²) in [4.78, 5) is 23.9. The zero-order chi connectivity index (χ0) is 24.3. The number of hydrogen-bond acceptors (Lipinski definition) is 8. The van der Waals surface area contributed by atoms with E-state index in [4.69, 9.17) is 4.74 Å². The first-order valence-electron chi connectivity index (χ1n) is 10.3. The van der Waals surface area contributed by atoms with Gasteiger partial charge in [-0.1, -0.05) is 60.7 Å². The van der Waals surface area contributed by atoms with E-state index in [0.29, 0.717) is 5.56 Å². The summed E-state index contributed by atoms with van der Waals surface area (Å²) in [5, 5.41) is 13.8. The second kappa shape index (κ2) is 11.6. The van der Waals surface area contributed by atoms with Crippen LogP contribution >= 0.6 is 0 Å². The van der Waals surface area contributed by atoms with Gasteiger partial charge in [-0.15, -0.1) is 0 Å². The minimum absolute atomic E-state index is 0. The van der Waals surface area contributed by atoms with Crippen LogP contribution in [0, 0.1) is 0 Å². The molecule has 11 heteroatoms. The predicted molar refractivity (Wildman–Crippen MR) is 123 cm³/mol. The molecule has 0 fully saturated rings. The van der Waals surface area contributed by atoms with E-state index in [2.05, 4.69) is 9.50 Å². The smallest absolute Gasteiger partial charge is 0.716 e. The van der Waals surface area contributed by atoms with Crippen LogP contribution in [0.5, 0.6) is 5.75 Å². The van der Waals surface area contributed by atoms with Gasteiger partial charge in [-0.2, -0.15) is 0 Å². The molecule has 1 atom stereocenters. The Morgan fingerprint density at radius 2 is 1.46 bits per heavy atom. The third kappa shape index (κ3) is 6.88. The number of fused-ring (bicyclic) bond motifs is 3. The van der Waals surface area contributed by atoms with Gasteiger partial charge in [0.25, 0.3) is 10.4 Å². The number of nitrogens with one attached hydrogen (secondary N) is 1. The molecule has 3 aromatic rings. The molecular weight excluding hydrogens is 600 g/mol. The van der Waals surface area contributed by atoms with Gasteiger partial charge in [-0.25, -0.2) is 13.2 Å². The van der Waals surface area contributed by atoms with Gasteiger partial charge in [0.2, 0.25) is 0 Å². The van der Waals surface area contributed by atoms with Gasteiger partial charge in [0.05, 0.1) is 12.0 Å². The van der Waals surface area contributed by atoms with Crippen molar-refractivity contribution in [3.63, 3.8) is 0 Å². The maximum atomic E-state index is 12.4. The summed E-state index contributed by atoms with van der Waals surface area (Å²) < 4.78 is 41.5. The third-order valence-electron chi connectivity index (χ3n) is 5.48. The number of rotatable bonds is 8. The van der Waals surface area contributed by atoms with Gasteiger partial charge >= 0.3 is 55.0 Å². The van der Waals surface area contributed by atoms with Crippen molar-refractivity contribution in [1.82, 2.24) is 5.32 Å². The molecule has 4 rings (SSSR count). The Kier molecular flexibility index (Phi) is 9.05. The minimum atomic E-state index is -4.92. The second-order valence-electron chi connectivity index (χ2n) is 7.68. The largest absolute Gasteiger partial charge is 2.00 e. The van der Waals surface area contributed by atoms with Crippen molar-refractivity contribution in [2.45, 2.75) is 18.4 Å². The number of carbonyl (C=O) groups is 2. The molecule has 0 radical (unpaired) electrons. The summed E-state index contributed by atoms with van der Waals surface area (Å²) in [6.07, 6.45) is -1.06. The molecule has 1 aliphatic carbocycles. The van der Waals surface area contributed by atoms with E-state index in [1.54, 1.807) is 0 Å². The SMILES string of the molecule is O=C(N[C@@H](Cc1ccc(OS(=O)(=O)[O-])cc1)C(=O)[O-])OCC1c2ccccc2-c2ccccc21.[Ba+2]. The number of carboxylic acids is 1. The Labute approximate surface area is 242 Å². The topological polar surface area (TPSA) is 145 Å². The molecule has 9 nitrogen and oxygen atoms in total. The molecule has 3 aromatic carbocycles. The number of aliphatic carboxylic acids is 1. The molecule has 0 unspecified atom stereocenters. The Balaban J connectivity index is 0.00000342. The number of amides is 1. The molecular formula is C24H19BaNO8S. The number of alkyl carbamates (subject to hydrolysis) is 1. The van der Waals surface area contributed by atoms with Crippen LogP contribution in [-0.4, -0.2) is 86.6 Å². The average molecular weight is 619 g/mol. The molecule has 0 aromatic heterocycles. The molecule has 0 aliphatic heterocycles. The summed E-state index contributed by atoms with van der Waals surface area (Å²) in [6.45, 7) is 0.0231. The molecule has 176 valence electrons. The van der Waals surface area contributed by atoms with Gasteiger partial charge in [0.1, 0.15) is 12.4 Å². The van der Waals surface area contributed by atoms with Gasteiger partial charge in [-0.3, -0.25) is 0 Å². The molecule has 1 aliphatic rings. The first-order valence-corrected chi connectivity index (χ1v) is 11.6. The minimum Gasteiger partial charge on any atom is -0.716 e. The normalized spacial score (nSPS) is 13.1. The quantitative estimate of drug-likeness (QED) is 0.226. The summed E-state index contributed by atoms with van der Waals surface area (Å²) in [6, 6.07) is 19.4. The molecule has 1 amide bonds. The van der Waals surface area contributed by atoms with Crippen molar-refractivity contribution < 1.29 is 36.6 Å². The zero-order valence-electron chi connectivity index (χ0n) is 18.4. The second-order valence-corrected chi connectivity index (χ2v) is 8.66. The van der Waals surface area contributed by atoms with Crippen molar-refractivity contribution in [2.24, 2.45) is 0 Å². The number of ether oxygens (including phenoxy) is 1. The zero-order valence-corrected chi connectivity index (χ0v) is 23.6. The van der Waals surface area contributed by atoms with E-state index in [1.165, 1.54) is 24.3 Å². The molecule has 0 heterocycles. The van der Waals surface area contributed by atoms with E-state index in [9.17, 15) is 27.7 Å². The molecule has 0 saturated heterocycles. The first kappa shape index (κ1) is 27.3. The van der Waals surface area contributed by atoms with Crippen LogP contribution in [0.3, 0.4) is 0 Å². The fourth-order valence-electron chi connectivity index (χ4n) is 4.01. The molecule has 0 bridgehead atoms. The Morgan fingerprint density at radius 1 is 0.914 bits per heavy atom. The Bertz CT molecular complexity index is 1280. The number of carbonyl (C=O) groups excluding carboxylic acids is 2. The van der Waals surface area contributed by atoms with Crippen molar-refractivity contribution >= 4 is 71.3 Å². The van der Waals surface area contributed by atoms with Gasteiger partial charge in [0, 0.05) is 5.92 Å². The van der Waals surface area contributed by atoms with Crippen molar-refractivity contribution in [3.8, 4) is 16.9 Å². The Hall–Kier alpha value is -2.32. The summed E-state index contributed by atoms with van der Waals surface area (Å²) in [5.41, 5.74) is 4.61.